The van der Waals surface area contributed by atoms with Crippen molar-refractivity contribution in [2.75, 3.05) is 77.6 Å². The average Bonchev–Trinajstić information content (AvgIpc) is 3.21. The van der Waals surface area contributed by atoms with Gasteiger partial charge in [0.1, 0.15) is 29.3 Å². The molecule has 0 bridgehead atoms. The number of aliphatic imine (C=N–C) groups is 1. The quantitative estimate of drug-likeness (QED) is 0.721. The van der Waals surface area contributed by atoms with Crippen LogP contribution < -0.4 is 10.6 Å². The summed E-state index contributed by atoms with van der Waals surface area (Å²) < 4.78 is 5.42. The standard InChI is InChI=1S/C18H26N8OS/c19-12-15-13-20-18(28-15)23-16-11-17(22-14-21-16)26-5-3-24(4-6-26)1-2-25-7-9-27-10-8-25/h11,13,21H,1-10,14H2,(H,20,23). The van der Waals surface area contributed by atoms with E-state index in [1.165, 1.54) is 11.3 Å². The van der Waals surface area contributed by atoms with Crippen molar-refractivity contribution >= 4 is 22.3 Å². The minimum atomic E-state index is 0.544. The summed E-state index contributed by atoms with van der Waals surface area (Å²) >= 11 is 1.34. The Morgan fingerprint density at radius 1 is 1.14 bits per heavy atom. The summed E-state index contributed by atoms with van der Waals surface area (Å²) in [6, 6.07) is 2.11. The molecular formula is C18H26N8OS. The van der Waals surface area contributed by atoms with E-state index in [1.54, 1.807) is 6.20 Å². The van der Waals surface area contributed by atoms with Crippen LogP contribution in [0, 0.1) is 11.3 Å². The SMILES string of the molecule is N#Cc1cnc(NC2=CC(N3CCN(CCN4CCOCC4)CC3)=NCN2)s1. The van der Waals surface area contributed by atoms with Crippen LogP contribution in [-0.4, -0.2) is 97.8 Å². The number of thiazole rings is 1. The zero-order chi connectivity index (χ0) is 19.2. The maximum atomic E-state index is 8.93. The molecule has 0 aromatic carbocycles. The molecule has 1 aromatic rings. The molecule has 4 rings (SSSR count). The molecule has 2 fully saturated rings. The lowest BCUT2D eigenvalue weighted by Crippen LogP contribution is -2.51. The molecule has 3 aliphatic rings. The Balaban J connectivity index is 1.25. The van der Waals surface area contributed by atoms with Gasteiger partial charge in [-0.3, -0.25) is 9.80 Å². The molecule has 2 saturated heterocycles. The van der Waals surface area contributed by atoms with Crippen molar-refractivity contribution < 1.29 is 4.74 Å². The van der Waals surface area contributed by atoms with Crippen LogP contribution in [0.15, 0.2) is 23.1 Å². The summed E-state index contributed by atoms with van der Waals surface area (Å²) in [7, 11) is 0. The second kappa shape index (κ2) is 9.34. The van der Waals surface area contributed by atoms with Gasteiger partial charge in [-0.15, -0.1) is 0 Å². The molecule has 0 amide bonds. The first-order valence-corrected chi connectivity index (χ1v) is 10.5. The Hall–Kier alpha value is -2.19. The Bertz CT molecular complexity index is 756. The number of amidine groups is 1. The lowest BCUT2D eigenvalue weighted by Gasteiger charge is -2.38. The largest absolute Gasteiger partial charge is 0.379 e. The topological polar surface area (TPSA) is 92.1 Å². The maximum absolute atomic E-state index is 8.93. The Labute approximate surface area is 169 Å². The van der Waals surface area contributed by atoms with Gasteiger partial charge in [0, 0.05) is 58.4 Å². The highest BCUT2D eigenvalue weighted by molar-refractivity contribution is 7.16. The molecule has 3 aliphatic heterocycles. The molecule has 0 aliphatic carbocycles. The van der Waals surface area contributed by atoms with Gasteiger partial charge in [-0.2, -0.15) is 5.26 Å². The van der Waals surface area contributed by atoms with Crippen LogP contribution >= 0.6 is 11.3 Å². The first kappa shape index (κ1) is 19.1. The summed E-state index contributed by atoms with van der Waals surface area (Å²) in [4.78, 5) is 16.8. The van der Waals surface area contributed by atoms with Crippen molar-refractivity contribution in [1.82, 2.24) is 25.0 Å². The molecule has 10 heteroatoms. The number of hydrogen-bond acceptors (Lipinski definition) is 10. The van der Waals surface area contributed by atoms with Crippen LogP contribution in [0.3, 0.4) is 0 Å². The third kappa shape index (κ3) is 4.99. The number of aromatic nitrogens is 1. The van der Waals surface area contributed by atoms with Crippen molar-refractivity contribution in [2.45, 2.75) is 0 Å². The summed E-state index contributed by atoms with van der Waals surface area (Å²) in [5.41, 5.74) is 0. The van der Waals surface area contributed by atoms with Crippen molar-refractivity contribution in [3.05, 3.63) is 23.0 Å². The second-order valence-electron chi connectivity index (χ2n) is 6.96. The van der Waals surface area contributed by atoms with E-state index in [2.05, 4.69) is 41.4 Å². The molecule has 9 nitrogen and oxygen atoms in total. The third-order valence-electron chi connectivity index (χ3n) is 5.17. The molecule has 150 valence electrons. The fourth-order valence-electron chi connectivity index (χ4n) is 3.51. The number of piperazine rings is 1. The zero-order valence-corrected chi connectivity index (χ0v) is 16.7. The minimum absolute atomic E-state index is 0.544. The van der Waals surface area contributed by atoms with Crippen molar-refractivity contribution in [2.24, 2.45) is 4.99 Å². The van der Waals surface area contributed by atoms with Crippen LogP contribution in [0.25, 0.3) is 0 Å². The van der Waals surface area contributed by atoms with E-state index in [1.807, 2.05) is 6.08 Å². The molecule has 2 N–H and O–H groups in total. The third-order valence-corrected chi connectivity index (χ3v) is 5.99. The van der Waals surface area contributed by atoms with Gasteiger partial charge in [0.25, 0.3) is 0 Å². The fourth-order valence-corrected chi connectivity index (χ4v) is 4.14. The molecule has 1 aromatic heterocycles. The molecule has 0 saturated carbocycles. The number of nitrogens with one attached hydrogen (secondary N) is 2. The van der Waals surface area contributed by atoms with E-state index in [9.17, 15) is 0 Å². The van der Waals surface area contributed by atoms with Crippen LogP contribution in [0.1, 0.15) is 4.88 Å². The van der Waals surface area contributed by atoms with Gasteiger partial charge < -0.3 is 20.3 Å². The molecule has 0 spiro atoms. The highest BCUT2D eigenvalue weighted by atomic mass is 32.1. The van der Waals surface area contributed by atoms with Crippen molar-refractivity contribution in [3.8, 4) is 6.07 Å². The number of ether oxygens (including phenoxy) is 1. The zero-order valence-electron chi connectivity index (χ0n) is 15.9. The predicted octanol–water partition coefficient (Wildman–Crippen LogP) is 0.177. The lowest BCUT2D eigenvalue weighted by molar-refractivity contribution is 0.0315. The van der Waals surface area contributed by atoms with Gasteiger partial charge in [0.05, 0.1) is 19.4 Å². The first-order valence-electron chi connectivity index (χ1n) is 9.70. The molecule has 0 unspecified atom stereocenters. The van der Waals surface area contributed by atoms with E-state index < -0.39 is 0 Å². The van der Waals surface area contributed by atoms with E-state index in [0.29, 0.717) is 16.7 Å². The van der Waals surface area contributed by atoms with Gasteiger partial charge in [-0.1, -0.05) is 11.3 Å². The molecule has 4 heterocycles. The van der Waals surface area contributed by atoms with Crippen LogP contribution in [0.5, 0.6) is 0 Å². The van der Waals surface area contributed by atoms with Crippen LogP contribution in [0.2, 0.25) is 0 Å². The van der Waals surface area contributed by atoms with Crippen LogP contribution in [0.4, 0.5) is 5.13 Å². The minimum Gasteiger partial charge on any atom is -0.379 e. The monoisotopic (exact) mass is 402 g/mol. The maximum Gasteiger partial charge on any atom is 0.189 e. The average molecular weight is 403 g/mol. The molecular weight excluding hydrogens is 376 g/mol. The van der Waals surface area contributed by atoms with Crippen molar-refractivity contribution in [3.63, 3.8) is 0 Å². The summed E-state index contributed by atoms with van der Waals surface area (Å²) in [6.07, 6.45) is 3.61. The van der Waals surface area contributed by atoms with Crippen LogP contribution in [-0.2, 0) is 4.74 Å². The van der Waals surface area contributed by atoms with Gasteiger partial charge in [-0.25, -0.2) is 9.98 Å². The number of nitriles is 1. The fraction of sp³-hybridized carbons (Fsp3) is 0.611. The lowest BCUT2D eigenvalue weighted by atomic mass is 10.2. The number of morpholine rings is 1. The number of hydrogen-bond donors (Lipinski definition) is 2. The number of rotatable bonds is 5. The number of anilines is 1. The predicted molar refractivity (Wildman–Crippen MR) is 109 cm³/mol. The number of nitrogens with zero attached hydrogens (tertiary/aromatic N) is 6. The normalized spacial score (nSPS) is 21.5. The molecule has 28 heavy (non-hydrogen) atoms. The van der Waals surface area contributed by atoms with E-state index >= 15 is 0 Å². The highest BCUT2D eigenvalue weighted by Crippen LogP contribution is 2.19. The molecule has 0 atom stereocenters. The first-order chi connectivity index (χ1) is 13.8. The Morgan fingerprint density at radius 2 is 1.89 bits per heavy atom. The van der Waals surface area contributed by atoms with Gasteiger partial charge >= 0.3 is 0 Å². The smallest absolute Gasteiger partial charge is 0.189 e. The molecule has 0 radical (unpaired) electrons. The van der Waals surface area contributed by atoms with Gasteiger partial charge in [-0.05, 0) is 0 Å². The summed E-state index contributed by atoms with van der Waals surface area (Å²) in [5.74, 6) is 1.88. The summed E-state index contributed by atoms with van der Waals surface area (Å²) in [6.45, 7) is 10.7. The van der Waals surface area contributed by atoms with E-state index in [-0.39, 0.29) is 0 Å². The Morgan fingerprint density at radius 3 is 2.61 bits per heavy atom. The Kier molecular flexibility index (Phi) is 6.38. The summed E-state index contributed by atoms with van der Waals surface area (Å²) in [5, 5.41) is 16.1. The highest BCUT2D eigenvalue weighted by Gasteiger charge is 2.21. The van der Waals surface area contributed by atoms with Gasteiger partial charge in [0.2, 0.25) is 0 Å². The van der Waals surface area contributed by atoms with Crippen molar-refractivity contribution in [1.29, 1.82) is 5.26 Å². The van der Waals surface area contributed by atoms with Gasteiger partial charge in [0.15, 0.2) is 5.13 Å². The van der Waals surface area contributed by atoms with E-state index in [0.717, 1.165) is 77.2 Å². The van der Waals surface area contributed by atoms with E-state index in [4.69, 9.17) is 10.00 Å². The second-order valence-corrected chi connectivity index (χ2v) is 7.99.